The van der Waals surface area contributed by atoms with Crippen LogP contribution >= 0.6 is 11.8 Å². The summed E-state index contributed by atoms with van der Waals surface area (Å²) >= 11 is 1.45. The molecule has 0 saturated heterocycles. The van der Waals surface area contributed by atoms with Crippen molar-refractivity contribution >= 4 is 11.8 Å². The largest absolute Gasteiger partial charge is 0.416 e. The van der Waals surface area contributed by atoms with Crippen LogP contribution in [0.3, 0.4) is 0 Å². The van der Waals surface area contributed by atoms with Gasteiger partial charge in [0.1, 0.15) is 0 Å². The number of hydrogen-bond acceptors (Lipinski definition) is 2. The van der Waals surface area contributed by atoms with Gasteiger partial charge in [-0.25, -0.2) is 0 Å². The fourth-order valence-electron chi connectivity index (χ4n) is 2.19. The zero-order chi connectivity index (χ0) is 18.1. The molecular formula is C18H20F3NOS. The van der Waals surface area contributed by atoms with E-state index >= 15 is 0 Å². The molecule has 0 bridgehead atoms. The van der Waals surface area contributed by atoms with Gasteiger partial charge < -0.3 is 4.57 Å². The van der Waals surface area contributed by atoms with E-state index < -0.39 is 11.7 Å². The van der Waals surface area contributed by atoms with Crippen LogP contribution in [0.25, 0.3) is 11.1 Å². The maximum absolute atomic E-state index is 12.9. The van der Waals surface area contributed by atoms with Crippen LogP contribution in [0.2, 0.25) is 0 Å². The van der Waals surface area contributed by atoms with Crippen molar-refractivity contribution < 1.29 is 13.2 Å². The van der Waals surface area contributed by atoms with Gasteiger partial charge in [-0.1, -0.05) is 32.9 Å². The lowest BCUT2D eigenvalue weighted by Crippen LogP contribution is -2.18. The van der Waals surface area contributed by atoms with E-state index in [0.717, 1.165) is 18.6 Å². The first-order chi connectivity index (χ1) is 11.0. The van der Waals surface area contributed by atoms with Crippen molar-refractivity contribution in [1.29, 1.82) is 0 Å². The number of halogens is 3. The topological polar surface area (TPSA) is 22.0 Å². The number of hydrogen-bond donors (Lipinski definition) is 0. The maximum atomic E-state index is 12.9. The molecule has 6 heteroatoms. The first-order valence-corrected chi connectivity index (χ1v) is 8.42. The quantitative estimate of drug-likeness (QED) is 0.690. The third kappa shape index (κ3) is 4.23. The smallest absolute Gasteiger partial charge is 0.355 e. The second-order valence-electron chi connectivity index (χ2n) is 6.32. The highest BCUT2D eigenvalue weighted by Crippen LogP contribution is 2.35. The van der Waals surface area contributed by atoms with E-state index in [9.17, 15) is 18.0 Å². The van der Waals surface area contributed by atoms with E-state index in [2.05, 4.69) is 0 Å². The van der Waals surface area contributed by atoms with Gasteiger partial charge in [0.15, 0.2) is 0 Å². The zero-order valence-corrected chi connectivity index (χ0v) is 14.9. The van der Waals surface area contributed by atoms with Gasteiger partial charge in [-0.2, -0.15) is 13.2 Å². The Morgan fingerprint density at radius 1 is 1.17 bits per heavy atom. The minimum Gasteiger partial charge on any atom is -0.355 e. The Bertz CT molecular complexity index is 794. The summed E-state index contributed by atoms with van der Waals surface area (Å²) in [5.41, 5.74) is -0.435. The van der Waals surface area contributed by atoms with Crippen LogP contribution in [0, 0.1) is 0 Å². The number of pyridine rings is 1. The molecule has 0 atom stereocenters. The highest BCUT2D eigenvalue weighted by Gasteiger charge is 2.30. The van der Waals surface area contributed by atoms with Gasteiger partial charge >= 0.3 is 6.18 Å². The Hall–Kier alpha value is -1.69. The molecule has 0 fully saturated rings. The van der Waals surface area contributed by atoms with Gasteiger partial charge in [-0.05, 0) is 24.1 Å². The highest BCUT2D eigenvalue weighted by atomic mass is 32.2. The van der Waals surface area contributed by atoms with E-state index in [0.29, 0.717) is 4.90 Å². The molecule has 0 aliphatic rings. The van der Waals surface area contributed by atoms with Gasteiger partial charge in [-0.15, -0.1) is 11.8 Å². The molecule has 0 aliphatic heterocycles. The van der Waals surface area contributed by atoms with Gasteiger partial charge in [0.05, 0.1) is 10.5 Å². The van der Waals surface area contributed by atoms with Crippen molar-refractivity contribution in [3.63, 3.8) is 0 Å². The normalized spacial score (nSPS) is 12.5. The predicted octanol–water partition coefficient (Wildman–Crippen LogP) is 5.35. The fraction of sp³-hybridized carbons (Fsp3) is 0.389. The number of nitrogens with zero attached hydrogens (tertiary/aromatic N) is 1. The molecule has 0 spiro atoms. The van der Waals surface area contributed by atoms with Crippen molar-refractivity contribution in [2.75, 3.05) is 0 Å². The molecule has 130 valence electrons. The average Bonchev–Trinajstić information content (AvgIpc) is 2.49. The summed E-state index contributed by atoms with van der Waals surface area (Å²) in [5.74, 6) is 0. The lowest BCUT2D eigenvalue weighted by Gasteiger charge is -2.22. The molecule has 0 amide bonds. The Morgan fingerprint density at radius 3 is 2.42 bits per heavy atom. The van der Waals surface area contributed by atoms with Crippen molar-refractivity contribution in [1.82, 2.24) is 4.57 Å². The summed E-state index contributed by atoms with van der Waals surface area (Å²) < 4.78 is 40.4. The lowest BCUT2D eigenvalue weighted by molar-refractivity contribution is -0.137. The molecule has 1 aromatic heterocycles. The molecule has 2 rings (SSSR count). The van der Waals surface area contributed by atoms with Crippen LogP contribution in [-0.4, -0.2) is 9.31 Å². The third-order valence-corrected chi connectivity index (χ3v) is 5.21. The van der Waals surface area contributed by atoms with E-state index in [1.54, 1.807) is 24.0 Å². The van der Waals surface area contributed by atoms with E-state index in [-0.39, 0.29) is 21.3 Å². The van der Waals surface area contributed by atoms with Gasteiger partial charge in [0.25, 0.3) is 0 Å². The second-order valence-corrected chi connectivity index (χ2v) is 8.07. The SMILES string of the molecule is CCC(C)(C)Sc1cn(C)cc(-c2cccc(C(F)(F)F)c2)c1=O. The van der Waals surface area contributed by atoms with Gasteiger partial charge in [-0.3, -0.25) is 4.79 Å². The highest BCUT2D eigenvalue weighted by molar-refractivity contribution is 8.00. The monoisotopic (exact) mass is 355 g/mol. The van der Waals surface area contributed by atoms with Gasteiger partial charge in [0, 0.05) is 29.8 Å². The first kappa shape index (κ1) is 18.6. The Kier molecular flexibility index (Phi) is 5.18. The van der Waals surface area contributed by atoms with Crippen molar-refractivity contribution in [3.8, 4) is 11.1 Å². The average molecular weight is 355 g/mol. The molecule has 0 saturated carbocycles. The third-order valence-electron chi connectivity index (χ3n) is 3.86. The Morgan fingerprint density at radius 2 is 1.83 bits per heavy atom. The molecule has 0 radical (unpaired) electrons. The van der Waals surface area contributed by atoms with Crippen LogP contribution in [0.15, 0.2) is 46.3 Å². The first-order valence-electron chi connectivity index (χ1n) is 7.60. The summed E-state index contributed by atoms with van der Waals surface area (Å²) in [5, 5.41) is 0. The molecule has 2 nitrogen and oxygen atoms in total. The lowest BCUT2D eigenvalue weighted by atomic mass is 10.0. The summed E-state index contributed by atoms with van der Waals surface area (Å²) in [6.07, 6.45) is -0.269. The summed E-state index contributed by atoms with van der Waals surface area (Å²) in [4.78, 5) is 13.3. The van der Waals surface area contributed by atoms with Crippen molar-refractivity contribution in [2.24, 2.45) is 7.05 Å². The molecule has 1 heterocycles. The van der Waals surface area contributed by atoms with Crippen LogP contribution in [0.5, 0.6) is 0 Å². The van der Waals surface area contributed by atoms with Gasteiger partial charge in [0.2, 0.25) is 5.43 Å². The maximum Gasteiger partial charge on any atom is 0.416 e. The Labute approximate surface area is 143 Å². The number of thioether (sulfide) groups is 1. The number of aryl methyl sites for hydroxylation is 1. The molecule has 0 aliphatic carbocycles. The second kappa shape index (κ2) is 6.67. The number of aromatic nitrogens is 1. The van der Waals surface area contributed by atoms with E-state index in [4.69, 9.17) is 0 Å². The molecule has 1 aromatic carbocycles. The van der Waals surface area contributed by atoms with Crippen LogP contribution in [0.1, 0.15) is 32.8 Å². The fourth-order valence-corrected chi connectivity index (χ4v) is 3.35. The summed E-state index contributed by atoms with van der Waals surface area (Å²) in [6.45, 7) is 6.11. The minimum atomic E-state index is -4.43. The predicted molar refractivity (Wildman–Crippen MR) is 92.3 cm³/mol. The molecule has 24 heavy (non-hydrogen) atoms. The molecule has 0 N–H and O–H groups in total. The molecular weight excluding hydrogens is 335 g/mol. The van der Waals surface area contributed by atoms with E-state index in [1.165, 1.54) is 23.9 Å². The van der Waals surface area contributed by atoms with Crippen LogP contribution < -0.4 is 5.43 Å². The zero-order valence-electron chi connectivity index (χ0n) is 14.1. The summed E-state index contributed by atoms with van der Waals surface area (Å²) in [6, 6.07) is 4.89. The number of rotatable bonds is 4. The minimum absolute atomic E-state index is 0.126. The molecule has 2 aromatic rings. The number of benzene rings is 1. The number of alkyl halides is 3. The summed E-state index contributed by atoms with van der Waals surface area (Å²) in [7, 11) is 1.76. The van der Waals surface area contributed by atoms with Crippen molar-refractivity contribution in [2.45, 2.75) is 43.0 Å². The standard InChI is InChI=1S/C18H20F3NOS/c1-5-17(2,3)24-15-11-22(4)10-14(16(15)23)12-7-6-8-13(9-12)18(19,20)21/h6-11H,5H2,1-4H3. The van der Waals surface area contributed by atoms with Crippen LogP contribution in [-0.2, 0) is 13.2 Å². The van der Waals surface area contributed by atoms with Crippen molar-refractivity contribution in [3.05, 3.63) is 52.4 Å². The molecule has 0 unspecified atom stereocenters. The van der Waals surface area contributed by atoms with E-state index in [1.807, 2.05) is 20.8 Å². The van der Waals surface area contributed by atoms with Crippen LogP contribution in [0.4, 0.5) is 13.2 Å². The Balaban J connectivity index is 2.56.